The minimum atomic E-state index is -6.57. The summed E-state index contributed by atoms with van der Waals surface area (Å²) in [7, 11) is 0. The summed E-state index contributed by atoms with van der Waals surface area (Å²) in [6.45, 7) is 0.649. The fourth-order valence-corrected chi connectivity index (χ4v) is 1.86. The molecule has 0 aromatic heterocycles. The molecule has 13 heteroatoms. The van der Waals surface area contributed by atoms with E-state index in [-0.39, 0.29) is 6.07 Å². The van der Waals surface area contributed by atoms with Crippen LogP contribution in [0.15, 0.2) is 17.2 Å². The topological polar surface area (TPSA) is 48.8 Å². The molecule has 0 heterocycles. The Balaban J connectivity index is 3.91. The largest absolute Gasteiger partial charge is 0.435 e. The number of nitrogens with zero attached hydrogens (tertiary/aromatic N) is 3. The molecular weight excluding hydrogens is 364 g/mol. The van der Waals surface area contributed by atoms with E-state index in [0.29, 0.717) is 6.92 Å². The van der Waals surface area contributed by atoms with E-state index in [4.69, 9.17) is 5.53 Å². The summed E-state index contributed by atoms with van der Waals surface area (Å²) in [6.07, 6.45) is -18.6. The van der Waals surface area contributed by atoms with Crippen LogP contribution in [-0.4, -0.2) is 12.4 Å². The van der Waals surface area contributed by atoms with Gasteiger partial charge < -0.3 is 0 Å². The van der Waals surface area contributed by atoms with Gasteiger partial charge in [-0.05, 0) is 24.1 Å². The zero-order valence-electron chi connectivity index (χ0n) is 11.3. The minimum absolute atomic E-state index is 0.0970. The number of aryl methyl sites for hydroxylation is 1. The van der Waals surface area contributed by atoms with E-state index in [2.05, 4.69) is 5.11 Å². The number of hydrogen-bond donors (Lipinski definition) is 0. The molecule has 0 aliphatic carbocycles. The van der Waals surface area contributed by atoms with Crippen molar-refractivity contribution in [2.75, 3.05) is 0 Å². The molecule has 0 aliphatic heterocycles. The summed E-state index contributed by atoms with van der Waals surface area (Å²) in [6, 6.07) is -0.766. The molecule has 3 nitrogen and oxygen atoms in total. The van der Waals surface area contributed by atoms with Gasteiger partial charge in [0.2, 0.25) is 0 Å². The van der Waals surface area contributed by atoms with Crippen LogP contribution in [0.3, 0.4) is 0 Å². The van der Waals surface area contributed by atoms with Crippen LogP contribution < -0.4 is 0 Å². The van der Waals surface area contributed by atoms with Crippen LogP contribution in [0.2, 0.25) is 0 Å². The third kappa shape index (κ3) is 3.21. The number of hydrogen-bond acceptors (Lipinski definition) is 1. The second kappa shape index (κ2) is 5.72. The molecular formula is C11H5F10N3. The lowest BCUT2D eigenvalue weighted by Crippen LogP contribution is -2.50. The maximum absolute atomic E-state index is 13.9. The van der Waals surface area contributed by atoms with Crippen molar-refractivity contribution in [3.8, 4) is 0 Å². The first-order valence-corrected chi connectivity index (χ1v) is 5.67. The normalized spacial score (nSPS) is 13.6. The molecule has 24 heavy (non-hydrogen) atoms. The van der Waals surface area contributed by atoms with E-state index in [9.17, 15) is 43.9 Å². The molecule has 1 aromatic carbocycles. The Labute approximate surface area is 126 Å². The maximum atomic E-state index is 13.9. The fraction of sp³-hybridized carbons (Fsp3) is 0.455. The fourth-order valence-electron chi connectivity index (χ4n) is 1.86. The monoisotopic (exact) mass is 369 g/mol. The second-order valence-corrected chi connectivity index (χ2v) is 4.53. The lowest BCUT2D eigenvalue weighted by Gasteiger charge is -2.31. The van der Waals surface area contributed by atoms with E-state index >= 15 is 0 Å². The molecule has 0 fully saturated rings. The van der Waals surface area contributed by atoms with Gasteiger partial charge in [-0.15, -0.1) is 0 Å². The Morgan fingerprint density at radius 1 is 0.875 bits per heavy atom. The highest BCUT2D eigenvalue weighted by molar-refractivity contribution is 5.57. The SMILES string of the molecule is Cc1cc(C(F)(C(F)(F)F)C(F)(F)F)cc(C(F)(F)F)c1N=[N+]=[N-]. The number of benzene rings is 1. The highest BCUT2D eigenvalue weighted by atomic mass is 19.4. The van der Waals surface area contributed by atoms with Crippen molar-refractivity contribution >= 4 is 5.69 Å². The lowest BCUT2D eigenvalue weighted by molar-refractivity contribution is -0.348. The minimum Gasteiger partial charge on any atom is -0.218 e. The molecule has 0 atom stereocenters. The van der Waals surface area contributed by atoms with E-state index in [1.807, 2.05) is 4.91 Å². The first-order chi connectivity index (χ1) is 10.6. The van der Waals surface area contributed by atoms with Crippen molar-refractivity contribution in [3.05, 3.63) is 39.3 Å². The lowest BCUT2D eigenvalue weighted by atomic mass is 9.90. The number of halogens is 10. The van der Waals surface area contributed by atoms with Gasteiger partial charge >= 0.3 is 24.2 Å². The van der Waals surface area contributed by atoms with Gasteiger partial charge in [0.1, 0.15) is 0 Å². The van der Waals surface area contributed by atoms with Gasteiger partial charge in [-0.2, -0.15) is 39.5 Å². The van der Waals surface area contributed by atoms with Crippen LogP contribution in [0.4, 0.5) is 49.6 Å². The van der Waals surface area contributed by atoms with Gasteiger partial charge in [-0.3, -0.25) is 0 Å². The predicted molar refractivity (Wildman–Crippen MR) is 59.9 cm³/mol. The molecule has 0 radical (unpaired) electrons. The highest BCUT2D eigenvalue weighted by Gasteiger charge is 2.73. The Morgan fingerprint density at radius 2 is 1.33 bits per heavy atom. The predicted octanol–water partition coefficient (Wildman–Crippen LogP) is 6.25. The summed E-state index contributed by atoms with van der Waals surface area (Å²) in [4.78, 5) is 2.02. The van der Waals surface area contributed by atoms with E-state index in [0.717, 1.165) is 0 Å². The molecule has 1 aromatic rings. The van der Waals surface area contributed by atoms with E-state index in [1.165, 1.54) is 0 Å². The zero-order chi connectivity index (χ0) is 19.1. The van der Waals surface area contributed by atoms with Crippen LogP contribution >= 0.6 is 0 Å². The Hall–Kier alpha value is -2.17. The number of azide groups is 1. The van der Waals surface area contributed by atoms with Gasteiger partial charge in [0.25, 0.3) is 0 Å². The molecule has 0 aliphatic rings. The molecule has 0 saturated heterocycles. The first-order valence-electron chi connectivity index (χ1n) is 5.67. The van der Waals surface area contributed by atoms with Gasteiger partial charge in [0, 0.05) is 10.5 Å². The summed E-state index contributed by atoms with van der Waals surface area (Å²) < 4.78 is 128. The van der Waals surface area contributed by atoms with Crippen LogP contribution in [0.5, 0.6) is 0 Å². The second-order valence-electron chi connectivity index (χ2n) is 4.53. The van der Waals surface area contributed by atoms with Crippen molar-refractivity contribution in [1.82, 2.24) is 0 Å². The van der Waals surface area contributed by atoms with Gasteiger partial charge in [0.15, 0.2) is 0 Å². The third-order valence-electron chi connectivity index (χ3n) is 2.93. The van der Waals surface area contributed by atoms with E-state index in [1.54, 1.807) is 0 Å². The average Bonchev–Trinajstić information content (AvgIpc) is 2.36. The molecule has 0 spiro atoms. The van der Waals surface area contributed by atoms with Crippen molar-refractivity contribution in [2.45, 2.75) is 31.1 Å². The Kier molecular flexibility index (Phi) is 4.74. The van der Waals surface area contributed by atoms with Crippen LogP contribution in [0, 0.1) is 6.92 Å². The molecule has 0 saturated carbocycles. The Morgan fingerprint density at radius 3 is 1.67 bits per heavy atom. The van der Waals surface area contributed by atoms with Gasteiger partial charge in [-0.25, -0.2) is 4.39 Å². The first kappa shape index (κ1) is 19.9. The summed E-state index contributed by atoms with van der Waals surface area (Å²) >= 11 is 0. The zero-order valence-corrected chi connectivity index (χ0v) is 11.3. The molecule has 0 unspecified atom stereocenters. The summed E-state index contributed by atoms with van der Waals surface area (Å²) in [5, 5.41) is 2.60. The quantitative estimate of drug-likeness (QED) is 0.256. The molecule has 1 rings (SSSR count). The van der Waals surface area contributed by atoms with Crippen molar-refractivity contribution in [3.63, 3.8) is 0 Å². The van der Waals surface area contributed by atoms with Crippen LogP contribution in [0.25, 0.3) is 10.4 Å². The van der Waals surface area contributed by atoms with E-state index < -0.39 is 52.6 Å². The maximum Gasteiger partial charge on any atom is 0.435 e. The summed E-state index contributed by atoms with van der Waals surface area (Å²) in [5.41, 5.74) is -4.44. The standard InChI is InChI=1S/C11H5F10N3/c1-4-2-5(8(12,10(16,17)18)11(19,20)21)3-6(9(13,14)15)7(4)23-24-22/h2-3H,1H3. The summed E-state index contributed by atoms with van der Waals surface area (Å²) in [5.74, 6) is 0. The third-order valence-corrected chi connectivity index (χ3v) is 2.93. The highest BCUT2D eigenvalue weighted by Crippen LogP contribution is 2.54. The molecule has 0 N–H and O–H groups in total. The number of alkyl halides is 10. The smallest absolute Gasteiger partial charge is 0.218 e. The van der Waals surface area contributed by atoms with Crippen molar-refractivity contribution in [1.29, 1.82) is 0 Å². The van der Waals surface area contributed by atoms with Gasteiger partial charge in [0.05, 0.1) is 11.3 Å². The molecule has 0 amide bonds. The van der Waals surface area contributed by atoms with Crippen LogP contribution in [0.1, 0.15) is 16.7 Å². The van der Waals surface area contributed by atoms with Crippen LogP contribution in [-0.2, 0) is 11.8 Å². The average molecular weight is 369 g/mol. The van der Waals surface area contributed by atoms with Gasteiger partial charge in [-0.1, -0.05) is 11.2 Å². The Bertz CT molecular complexity index is 665. The molecule has 134 valence electrons. The number of rotatable bonds is 2. The molecule has 0 bridgehead atoms. The van der Waals surface area contributed by atoms with Crippen molar-refractivity contribution < 1.29 is 43.9 Å². The van der Waals surface area contributed by atoms with Crippen molar-refractivity contribution in [2.24, 2.45) is 5.11 Å².